The number of rotatable bonds is 4. The van der Waals surface area contributed by atoms with Crippen LogP contribution in [0.1, 0.15) is 66.7 Å². The molecule has 3 heterocycles. The number of carbonyl (C=O) groups excluding carboxylic acids is 1. The number of methoxy groups -OCH3 is 2. The molecule has 0 saturated carbocycles. The van der Waals surface area contributed by atoms with Crippen LogP contribution >= 0.6 is 11.6 Å². The maximum absolute atomic E-state index is 14.2. The second kappa shape index (κ2) is 10.6. The highest BCUT2D eigenvalue weighted by molar-refractivity contribution is 6.38. The molecule has 7 rings (SSSR count). The molecule has 46 heavy (non-hydrogen) atoms. The first-order valence-corrected chi connectivity index (χ1v) is 14.8. The Morgan fingerprint density at radius 1 is 1.09 bits per heavy atom. The monoisotopic (exact) mass is 652 g/mol. The van der Waals surface area contributed by atoms with Crippen molar-refractivity contribution < 1.29 is 43.5 Å². The SMILES string of the molecule is COC1CC(O)C(OC)c2oc3c4c5c(c(O)c3c(=O)c21)-c1c(cc2c(Cl)c(C)n(/N=C(\C)C(C)=O)c(=O)c2c1O)CC5OCO4. The molecule has 0 bridgehead atoms. The van der Waals surface area contributed by atoms with Crippen molar-refractivity contribution in [2.45, 2.75) is 58.0 Å². The normalized spacial score (nSPS) is 21.9. The second-order valence-corrected chi connectivity index (χ2v) is 12.0. The van der Waals surface area contributed by atoms with E-state index < -0.39 is 46.9 Å². The van der Waals surface area contributed by atoms with Gasteiger partial charge in [-0.25, -0.2) is 0 Å². The summed E-state index contributed by atoms with van der Waals surface area (Å²) in [5, 5.41) is 38.6. The molecular weight excluding hydrogens is 624 g/mol. The number of halogens is 1. The molecule has 3 N–H and O–H groups in total. The Labute approximate surface area is 265 Å². The molecule has 0 amide bonds. The van der Waals surface area contributed by atoms with Gasteiger partial charge in [-0.05, 0) is 25.5 Å². The van der Waals surface area contributed by atoms with Crippen molar-refractivity contribution in [1.82, 2.24) is 4.68 Å². The second-order valence-electron chi connectivity index (χ2n) is 11.6. The van der Waals surface area contributed by atoms with Crippen LogP contribution in [-0.2, 0) is 25.4 Å². The molecule has 13 nitrogen and oxygen atoms in total. The summed E-state index contributed by atoms with van der Waals surface area (Å²) in [7, 11) is 2.77. The highest BCUT2D eigenvalue weighted by Crippen LogP contribution is 2.58. The summed E-state index contributed by atoms with van der Waals surface area (Å²) in [6.07, 6.45) is -3.36. The third-order valence-electron chi connectivity index (χ3n) is 9.16. The molecule has 2 aromatic carbocycles. The van der Waals surface area contributed by atoms with E-state index in [2.05, 4.69) is 5.10 Å². The molecule has 0 radical (unpaired) electrons. The van der Waals surface area contributed by atoms with Crippen molar-refractivity contribution in [3.8, 4) is 28.4 Å². The number of pyridine rings is 1. The predicted molar refractivity (Wildman–Crippen MR) is 165 cm³/mol. The van der Waals surface area contributed by atoms with Gasteiger partial charge in [0.25, 0.3) is 5.56 Å². The summed E-state index contributed by atoms with van der Waals surface area (Å²) in [6, 6.07) is 1.64. The van der Waals surface area contributed by atoms with E-state index in [0.29, 0.717) is 11.1 Å². The van der Waals surface area contributed by atoms with Crippen LogP contribution in [0.25, 0.3) is 32.9 Å². The predicted octanol–water partition coefficient (Wildman–Crippen LogP) is 4.06. The molecule has 14 heteroatoms. The summed E-state index contributed by atoms with van der Waals surface area (Å²) < 4.78 is 30.0. The van der Waals surface area contributed by atoms with Crippen molar-refractivity contribution in [3.05, 3.63) is 59.8 Å². The van der Waals surface area contributed by atoms with Gasteiger partial charge in [0.15, 0.2) is 23.9 Å². The number of fused-ring (bicyclic) bond motifs is 6. The number of aliphatic hydroxyl groups is 1. The Kier molecular flexibility index (Phi) is 7.03. The van der Waals surface area contributed by atoms with E-state index in [0.717, 1.165) is 4.68 Å². The van der Waals surface area contributed by atoms with E-state index in [1.165, 1.54) is 28.1 Å². The molecule has 240 valence electrons. The zero-order valence-corrected chi connectivity index (χ0v) is 26.1. The highest BCUT2D eigenvalue weighted by Gasteiger charge is 2.44. The van der Waals surface area contributed by atoms with Crippen molar-refractivity contribution in [1.29, 1.82) is 0 Å². The number of ether oxygens (including phenoxy) is 4. The van der Waals surface area contributed by atoms with E-state index in [9.17, 15) is 29.7 Å². The molecule has 3 aliphatic rings. The van der Waals surface area contributed by atoms with E-state index in [4.69, 9.17) is 35.0 Å². The number of aromatic hydroxyl groups is 2. The highest BCUT2D eigenvalue weighted by atomic mass is 35.5. The van der Waals surface area contributed by atoms with Crippen LogP contribution < -0.4 is 15.7 Å². The number of carbonyl (C=O) groups is 1. The van der Waals surface area contributed by atoms with Crippen molar-refractivity contribution >= 4 is 44.8 Å². The standard InChI is InChI=1S/C32H29ClN2O11/c1-10(12(3)36)34-35-11(2)24(33)14-6-13-7-17-20-22(18(13)25(38)19(14)32(35)41)27(40)23-26(39)21-16(42-4)8-15(37)28(43-5)30(21)46-31(23)29(20)45-9-44-17/h6,15-17,28,37-38,40H,7-9H2,1-5H3/b34-10+. The first-order valence-electron chi connectivity index (χ1n) is 14.4. The van der Waals surface area contributed by atoms with Gasteiger partial charge in [0.2, 0.25) is 5.43 Å². The first kappa shape index (κ1) is 30.4. The Morgan fingerprint density at radius 3 is 2.48 bits per heavy atom. The number of hydrogen-bond acceptors (Lipinski definition) is 12. The lowest BCUT2D eigenvalue weighted by molar-refractivity contribution is -0.111. The minimum absolute atomic E-state index is 0.0271. The largest absolute Gasteiger partial charge is 0.506 e. The van der Waals surface area contributed by atoms with Crippen LogP contribution in [0.5, 0.6) is 17.2 Å². The number of phenolic OH excluding ortho intramolecular Hbond substituents is 2. The van der Waals surface area contributed by atoms with Crippen LogP contribution in [0, 0.1) is 6.92 Å². The van der Waals surface area contributed by atoms with E-state index in [1.54, 1.807) is 13.0 Å². The third-order valence-corrected chi connectivity index (χ3v) is 9.64. The topological polar surface area (TPSA) is 179 Å². The summed E-state index contributed by atoms with van der Waals surface area (Å²) in [5.74, 6) is -1.25. The Balaban J connectivity index is 1.61. The molecule has 0 spiro atoms. The van der Waals surface area contributed by atoms with Gasteiger partial charge < -0.3 is 38.7 Å². The van der Waals surface area contributed by atoms with Crippen molar-refractivity contribution in [2.75, 3.05) is 21.0 Å². The maximum Gasteiger partial charge on any atom is 0.282 e. The van der Waals surface area contributed by atoms with Crippen LogP contribution in [0.4, 0.5) is 0 Å². The molecule has 4 unspecified atom stereocenters. The lowest BCUT2D eigenvalue weighted by atomic mass is 9.79. The summed E-state index contributed by atoms with van der Waals surface area (Å²) in [4.78, 5) is 40.0. The summed E-state index contributed by atoms with van der Waals surface area (Å²) >= 11 is 6.73. The van der Waals surface area contributed by atoms with Gasteiger partial charge >= 0.3 is 0 Å². The number of ketones is 1. The quantitative estimate of drug-likeness (QED) is 0.271. The maximum atomic E-state index is 14.2. The van der Waals surface area contributed by atoms with Gasteiger partial charge in [-0.15, -0.1) is 0 Å². The smallest absolute Gasteiger partial charge is 0.282 e. The third kappa shape index (κ3) is 4.02. The van der Waals surface area contributed by atoms with Gasteiger partial charge in [-0.3, -0.25) is 14.4 Å². The molecular formula is C32H29ClN2O11. The summed E-state index contributed by atoms with van der Waals surface area (Å²) in [6.45, 7) is 4.12. The fraction of sp³-hybridized carbons (Fsp3) is 0.375. The molecule has 0 fully saturated rings. The van der Waals surface area contributed by atoms with Crippen LogP contribution in [-0.4, -0.2) is 58.6 Å². The number of hydrogen-bond donors (Lipinski definition) is 3. The summed E-state index contributed by atoms with van der Waals surface area (Å²) in [5.41, 5.74) is -0.198. The van der Waals surface area contributed by atoms with E-state index in [1.807, 2.05) is 0 Å². The fourth-order valence-electron chi connectivity index (χ4n) is 6.82. The van der Waals surface area contributed by atoms with E-state index >= 15 is 0 Å². The molecule has 2 aromatic heterocycles. The average Bonchev–Trinajstić information content (AvgIpc) is 3.02. The molecule has 1 aliphatic heterocycles. The lowest BCUT2D eigenvalue weighted by Crippen LogP contribution is -2.34. The van der Waals surface area contributed by atoms with Crippen LogP contribution in [0.2, 0.25) is 5.02 Å². The number of benzene rings is 2. The van der Waals surface area contributed by atoms with Gasteiger partial charge in [0.05, 0.1) is 40.0 Å². The Hall–Kier alpha value is -4.27. The van der Waals surface area contributed by atoms with Gasteiger partial charge in [0.1, 0.15) is 34.5 Å². The Morgan fingerprint density at radius 2 is 1.80 bits per heavy atom. The molecule has 4 aromatic rings. The number of phenols is 2. The van der Waals surface area contributed by atoms with E-state index in [-0.39, 0.29) is 91.8 Å². The molecule has 4 atom stereocenters. The molecule has 2 aliphatic carbocycles. The number of nitrogens with zero attached hydrogens (tertiary/aromatic N) is 2. The first-order chi connectivity index (χ1) is 21.9. The zero-order chi connectivity index (χ0) is 32.9. The van der Waals surface area contributed by atoms with Gasteiger partial charge in [0, 0.05) is 56.1 Å². The zero-order valence-electron chi connectivity index (χ0n) is 25.4. The van der Waals surface area contributed by atoms with Gasteiger partial charge in [-0.2, -0.15) is 9.78 Å². The Bertz CT molecular complexity index is 2180. The lowest BCUT2D eigenvalue weighted by Gasteiger charge is -2.36. The fourth-order valence-corrected chi connectivity index (χ4v) is 7.05. The number of aromatic nitrogens is 1. The molecule has 0 saturated heterocycles. The van der Waals surface area contributed by atoms with Crippen LogP contribution in [0.15, 0.2) is 25.2 Å². The van der Waals surface area contributed by atoms with Crippen molar-refractivity contribution in [2.24, 2.45) is 5.10 Å². The van der Waals surface area contributed by atoms with Crippen molar-refractivity contribution in [3.63, 3.8) is 0 Å². The minimum Gasteiger partial charge on any atom is -0.506 e. The van der Waals surface area contributed by atoms with Crippen LogP contribution in [0.3, 0.4) is 0 Å². The van der Waals surface area contributed by atoms with Gasteiger partial charge in [-0.1, -0.05) is 11.6 Å². The average molecular weight is 653 g/mol. The number of Topliss-reactive ketones (excluding diaryl/α,β-unsaturated/α-hetero) is 1. The number of aliphatic hydroxyl groups excluding tert-OH is 1. The minimum atomic E-state index is -1.04.